The number of hydrogen-bond acceptors (Lipinski definition) is 13. The van der Waals surface area contributed by atoms with Gasteiger partial charge in [-0.25, -0.2) is 19.8 Å². The van der Waals surface area contributed by atoms with Crippen LogP contribution in [0, 0.1) is 76.4 Å². The number of pyridine rings is 8. The van der Waals surface area contributed by atoms with Gasteiger partial charge in [-0.05, 0) is 175 Å². The summed E-state index contributed by atoms with van der Waals surface area (Å²) in [7, 11) is 0. The Balaban J connectivity index is 0.000000101. The summed E-state index contributed by atoms with van der Waals surface area (Å²) in [4.78, 5) is 46.3. The van der Waals surface area contributed by atoms with E-state index < -0.39 is 0 Å². The van der Waals surface area contributed by atoms with Crippen LogP contribution >= 0.6 is 0 Å². The molecule has 0 saturated carbocycles. The third-order valence-electron chi connectivity index (χ3n) is 26.7. The van der Waals surface area contributed by atoms with Gasteiger partial charge >= 0.3 is 0 Å². The molecular weight excluding hydrogens is 1780 g/mol. The minimum Gasteiger partial charge on any atom is -0.361 e. The van der Waals surface area contributed by atoms with Crippen LogP contribution in [0.5, 0.6) is 0 Å². The first-order valence-electron chi connectivity index (χ1n) is 45.7. The zero-order chi connectivity index (χ0) is 96.9. The number of aromatic nitrogens is 16. The second-order valence-corrected chi connectivity index (χ2v) is 34.5. The van der Waals surface area contributed by atoms with Gasteiger partial charge in [0.1, 0.15) is 47.6 Å². The van der Waals surface area contributed by atoms with Crippen molar-refractivity contribution in [1.82, 2.24) is 76.4 Å². The molecule has 144 heavy (non-hydrogen) atoms. The van der Waals surface area contributed by atoms with E-state index in [0.717, 1.165) is 220 Å². The Kier molecular flexibility index (Phi) is 19.9. The van der Waals surface area contributed by atoms with Crippen molar-refractivity contribution < 1.29 is 0 Å². The SMILES string of the molecule is N#Cc1cc(-n2c3ccccc3c3ccncc32)cc(-n2c3ccccc3c3ccncc32)c1.[C-]#[N+]c1cc2c3ccccc3n(-c3cc(C#N)cc(-n4c5ccccc5c5cc(C#N)ncc54)c3)c2cn1.[C-]#[N+]c1cc2c3ccccc3n(-c3cccc(-n4c5ccccc5c5cc(C#N)ncc54)n3)c2cn1.[C-]#[N+]c1ccc2c(c1)c1ccccc1n2-c1cc(C#N)cc(-n2c3ccccc3c3ccncc32)c1. The van der Waals surface area contributed by atoms with Gasteiger partial charge in [0.25, 0.3) is 11.6 Å². The Hall–Kier alpha value is -21.8. The first-order chi connectivity index (χ1) is 71.1. The maximum atomic E-state index is 10.0. The average Bonchev–Trinajstić information content (AvgIpc) is 1.58. The van der Waals surface area contributed by atoms with E-state index in [1.807, 2.05) is 274 Å². The lowest BCUT2D eigenvalue weighted by Gasteiger charge is -2.13. The maximum Gasteiger partial charge on any atom is 0.270 e. The standard InChI is InChI=1S/C31H15N7.C31H17N5.C29H15N7.C29H17N5/c1-34-31-14-26-24-7-3-5-9-28(24)38(30(26)18-36-31)22-11-19(15-32)10-21(13-22)37-27-8-4-2-6-23(27)25-12-20(16-33)35-17-29(25)37;1-33-21-10-11-30-27(16-21)25-7-3-5-9-29(25)35(30)22-14-20(18-32)15-23(17-22)36-28-8-4-2-6-24(28)26-12-13-34-19-31(26)36;1-31-27-14-22-20-8-3-5-10-24(20)36(26(22)17-33-27)29-12-6-11-28(34-29)35-23-9-4-2-7-19(23)21-13-18(15-30)32-16-25(21)35;30-16-19-13-20(33-26-7-3-1-5-22(26)24-9-11-31-17-28(24)33)15-21(14-19)34-27-8-4-2-6-23(27)25-10-12-32-18-29(25)34/h2-14,17-18H;2-17,19H;2-14,16-17H;1-15,17-18H. The second kappa shape index (κ2) is 34.2. The quantitative estimate of drug-likeness (QED) is 0.128. The molecule has 664 valence electrons. The fourth-order valence-corrected chi connectivity index (χ4v) is 20.8. The van der Waals surface area contributed by atoms with Gasteiger partial charge in [-0.3, -0.25) is 24.1 Å². The van der Waals surface area contributed by atoms with Gasteiger partial charge in [-0.15, -0.1) is 9.97 Å². The summed E-state index contributed by atoms with van der Waals surface area (Å²) < 4.78 is 17.0. The average molecular weight is 1840 g/mol. The summed E-state index contributed by atoms with van der Waals surface area (Å²) in [5.74, 6) is 2.17. The molecule has 12 aromatic carbocycles. The molecule has 24 heteroatoms. The van der Waals surface area contributed by atoms with E-state index in [9.17, 15) is 26.3 Å². The zero-order valence-electron chi connectivity index (χ0n) is 75.7. The van der Waals surface area contributed by atoms with E-state index >= 15 is 0 Å². The van der Waals surface area contributed by atoms with Crippen molar-refractivity contribution in [2.45, 2.75) is 0 Å². The van der Waals surface area contributed by atoms with Crippen LogP contribution in [0.1, 0.15) is 28.1 Å². The number of hydrogen-bond donors (Lipinski definition) is 0. The van der Waals surface area contributed by atoms with Crippen LogP contribution in [0.15, 0.2) is 390 Å². The van der Waals surface area contributed by atoms with Crippen molar-refractivity contribution in [2.75, 3.05) is 0 Å². The summed E-state index contributed by atoms with van der Waals surface area (Å²) in [5, 5.41) is 65.5. The molecule has 0 fully saturated rings. The van der Waals surface area contributed by atoms with Crippen LogP contribution in [0.25, 0.3) is 235 Å². The van der Waals surface area contributed by atoms with Crippen LogP contribution in [-0.4, -0.2) is 76.4 Å². The Morgan fingerprint density at radius 2 is 0.451 bits per heavy atom. The fraction of sp³-hybridized carbons (Fsp3) is 0. The normalized spacial score (nSPS) is 11.3. The lowest BCUT2D eigenvalue weighted by molar-refractivity contribution is 1.01. The Morgan fingerprint density at radius 3 is 0.750 bits per heavy atom. The number of nitrogens with zero attached hydrogens (tertiary/aromatic N) is 24. The minimum absolute atomic E-state index is 0.335. The van der Waals surface area contributed by atoms with E-state index in [2.05, 4.69) is 201 Å². The molecule has 0 spiro atoms. The lowest BCUT2D eigenvalue weighted by atomic mass is 10.1. The highest BCUT2D eigenvalue weighted by Crippen LogP contribution is 2.44. The topological polar surface area (TPSA) is 275 Å². The van der Waals surface area contributed by atoms with Crippen molar-refractivity contribution in [3.8, 4) is 76.1 Å². The van der Waals surface area contributed by atoms with Crippen LogP contribution in [0.3, 0.4) is 0 Å². The number of nitriles is 5. The van der Waals surface area contributed by atoms with E-state index in [-0.39, 0.29) is 0 Å². The van der Waals surface area contributed by atoms with Crippen molar-refractivity contribution in [3.63, 3.8) is 0 Å². The zero-order valence-corrected chi connectivity index (χ0v) is 75.7. The molecule has 0 amide bonds. The molecule has 16 heterocycles. The van der Waals surface area contributed by atoms with Crippen molar-refractivity contribution >= 4 is 192 Å². The summed E-state index contributed by atoms with van der Waals surface area (Å²) >= 11 is 0. The predicted molar refractivity (Wildman–Crippen MR) is 565 cm³/mol. The highest BCUT2D eigenvalue weighted by molar-refractivity contribution is 6.17. The predicted octanol–water partition coefficient (Wildman–Crippen LogP) is 27.7. The monoisotopic (exact) mass is 1840 g/mol. The molecule has 0 bridgehead atoms. The highest BCUT2D eigenvalue weighted by atomic mass is 15.1. The molecule has 16 aromatic heterocycles. The minimum atomic E-state index is 0.335. The lowest BCUT2D eigenvalue weighted by Crippen LogP contribution is -2.03. The summed E-state index contributed by atoms with van der Waals surface area (Å²) in [6.45, 7) is 22.3. The molecule has 0 atom stereocenters. The van der Waals surface area contributed by atoms with Crippen LogP contribution < -0.4 is 0 Å². The molecule has 0 saturated heterocycles. The third-order valence-corrected chi connectivity index (χ3v) is 26.7. The number of para-hydroxylation sites is 8. The maximum absolute atomic E-state index is 10.0. The Bertz CT molecular complexity index is 10200. The highest BCUT2D eigenvalue weighted by Gasteiger charge is 2.26. The van der Waals surface area contributed by atoms with E-state index in [0.29, 0.717) is 45.4 Å². The summed E-state index contributed by atoms with van der Waals surface area (Å²) in [6.07, 6.45) is 18.0. The number of benzene rings is 12. The van der Waals surface area contributed by atoms with Crippen molar-refractivity contribution in [2.24, 2.45) is 0 Å². The molecule has 0 aliphatic heterocycles. The van der Waals surface area contributed by atoms with Gasteiger partial charge in [0.2, 0.25) is 0 Å². The fourth-order valence-electron chi connectivity index (χ4n) is 20.8. The molecule has 0 aliphatic carbocycles. The molecule has 28 rings (SSSR count). The van der Waals surface area contributed by atoms with Gasteiger partial charge in [-0.1, -0.05) is 171 Å². The van der Waals surface area contributed by atoms with E-state index in [1.165, 1.54) is 0 Å². The van der Waals surface area contributed by atoms with Gasteiger partial charge in [-0.2, -0.15) is 26.3 Å². The van der Waals surface area contributed by atoms with Crippen LogP contribution in [-0.2, 0) is 0 Å². The van der Waals surface area contributed by atoms with Crippen molar-refractivity contribution in [1.29, 1.82) is 26.3 Å². The molecule has 0 N–H and O–H groups in total. The Morgan fingerprint density at radius 1 is 0.201 bits per heavy atom. The number of rotatable bonds is 8. The first kappa shape index (κ1) is 83.9. The van der Waals surface area contributed by atoms with Gasteiger partial charge < -0.3 is 37.1 Å². The molecule has 28 aromatic rings. The molecular formula is C120H64N24. The number of fused-ring (bicyclic) bond motifs is 24. The summed E-state index contributed by atoms with van der Waals surface area (Å²) in [5.41, 5.74) is 23.8. The molecule has 24 nitrogen and oxygen atoms in total. The molecule has 0 aliphatic rings. The van der Waals surface area contributed by atoms with Crippen LogP contribution in [0.4, 0.5) is 17.3 Å². The smallest absolute Gasteiger partial charge is 0.270 e. The van der Waals surface area contributed by atoms with Gasteiger partial charge in [0.15, 0.2) is 5.69 Å². The first-order valence-corrected chi connectivity index (χ1v) is 45.7. The van der Waals surface area contributed by atoms with E-state index in [1.54, 1.807) is 30.9 Å². The van der Waals surface area contributed by atoms with Gasteiger partial charge in [0, 0.05) is 134 Å². The second-order valence-electron chi connectivity index (χ2n) is 34.5. The molecule has 0 unspecified atom stereocenters. The molecule has 0 radical (unpaired) electrons. The summed E-state index contributed by atoms with van der Waals surface area (Å²) in [6, 6.07) is 119. The Labute approximate surface area is 817 Å². The van der Waals surface area contributed by atoms with Gasteiger partial charge in [0.05, 0.1) is 161 Å². The van der Waals surface area contributed by atoms with Crippen molar-refractivity contribution in [3.05, 3.63) is 452 Å². The van der Waals surface area contributed by atoms with E-state index in [4.69, 9.17) is 24.7 Å². The van der Waals surface area contributed by atoms with Crippen LogP contribution in [0.2, 0.25) is 0 Å². The third kappa shape index (κ3) is 13.6. The largest absolute Gasteiger partial charge is 0.361 e.